The summed E-state index contributed by atoms with van der Waals surface area (Å²) in [4.78, 5) is 26.4. The zero-order chi connectivity index (χ0) is 19.0. The van der Waals surface area contributed by atoms with E-state index >= 15 is 0 Å². The van der Waals surface area contributed by atoms with Gasteiger partial charge in [-0.3, -0.25) is 0 Å². The molecule has 0 radical (unpaired) electrons. The molecule has 2 unspecified atom stereocenters. The molecule has 1 fully saturated rings. The zero-order valence-electron chi connectivity index (χ0n) is 14.4. The molecule has 0 spiro atoms. The van der Waals surface area contributed by atoms with Crippen LogP contribution in [0.3, 0.4) is 0 Å². The first-order valence-corrected chi connectivity index (χ1v) is 10.2. The lowest BCUT2D eigenvalue weighted by Gasteiger charge is -2.15. The molecule has 3 aromatic heterocycles. The number of hydrogen-bond acceptors (Lipinski definition) is 8. The van der Waals surface area contributed by atoms with Gasteiger partial charge in [-0.15, -0.1) is 0 Å². The van der Waals surface area contributed by atoms with E-state index in [-0.39, 0.29) is 24.0 Å². The van der Waals surface area contributed by atoms with Crippen LogP contribution in [0, 0.1) is 6.92 Å². The zero-order valence-corrected chi connectivity index (χ0v) is 16.1. The molecule has 4 rings (SSSR count). The maximum absolute atomic E-state index is 8.90. The molecule has 0 bridgehead atoms. The van der Waals surface area contributed by atoms with Gasteiger partial charge in [0.2, 0.25) is 5.28 Å². The van der Waals surface area contributed by atoms with Crippen LogP contribution in [0.15, 0.2) is 22.7 Å². The number of rotatable bonds is 6. The van der Waals surface area contributed by atoms with E-state index < -0.39 is 8.38 Å². The van der Waals surface area contributed by atoms with Gasteiger partial charge >= 0.3 is 0 Å². The number of ether oxygens (including phenoxy) is 2. The van der Waals surface area contributed by atoms with Crippen molar-refractivity contribution in [1.29, 1.82) is 0 Å². The van der Waals surface area contributed by atoms with Crippen LogP contribution in [0.1, 0.15) is 24.8 Å². The normalized spacial score (nSPS) is 20.2. The van der Waals surface area contributed by atoms with Gasteiger partial charge in [-0.25, -0.2) is 9.67 Å². The summed E-state index contributed by atoms with van der Waals surface area (Å²) in [7, 11) is -2.06. The smallest absolute Gasteiger partial charge is 0.225 e. The third-order valence-corrected chi connectivity index (χ3v) is 4.85. The van der Waals surface area contributed by atoms with Gasteiger partial charge in [-0.2, -0.15) is 10.1 Å². The molecule has 9 nitrogen and oxygen atoms in total. The molecule has 2 atom stereocenters. The van der Waals surface area contributed by atoms with Crippen LogP contribution in [-0.2, 0) is 9.47 Å². The van der Waals surface area contributed by atoms with E-state index in [0.717, 1.165) is 24.0 Å². The third-order valence-electron chi connectivity index (χ3n) is 4.27. The van der Waals surface area contributed by atoms with Crippen LogP contribution in [0.5, 0.6) is 0 Å². The summed E-state index contributed by atoms with van der Waals surface area (Å²) >= 11 is 6.13. The van der Waals surface area contributed by atoms with Crippen LogP contribution in [0.4, 0.5) is 0 Å². The second-order valence-electron chi connectivity index (χ2n) is 6.24. The molecule has 27 heavy (non-hydrogen) atoms. The summed E-state index contributed by atoms with van der Waals surface area (Å²) in [6.45, 7) is 2.15. The highest BCUT2D eigenvalue weighted by molar-refractivity contribution is 7.44. The Balaban J connectivity index is 1.58. The van der Waals surface area contributed by atoms with Crippen LogP contribution < -0.4 is 0 Å². The predicted octanol–water partition coefficient (Wildman–Crippen LogP) is 3.00. The fourth-order valence-corrected chi connectivity index (χ4v) is 3.55. The summed E-state index contributed by atoms with van der Waals surface area (Å²) in [5.74, 6) is 1.38. The Morgan fingerprint density at radius 1 is 1.33 bits per heavy atom. The van der Waals surface area contributed by atoms with Gasteiger partial charge in [0.15, 0.2) is 26.0 Å². The molecular weight excluding hydrogens is 395 g/mol. The maximum Gasteiger partial charge on any atom is 0.225 e. The van der Waals surface area contributed by atoms with Gasteiger partial charge in [0.25, 0.3) is 0 Å². The number of halogens is 1. The molecule has 144 valence electrons. The van der Waals surface area contributed by atoms with Gasteiger partial charge < -0.3 is 23.7 Å². The molecule has 11 heteroatoms. The summed E-state index contributed by atoms with van der Waals surface area (Å²) in [6.07, 6.45) is 2.64. The first kappa shape index (κ1) is 18.7. The Bertz CT molecular complexity index is 946. The highest BCUT2D eigenvalue weighted by Gasteiger charge is 2.29. The van der Waals surface area contributed by atoms with E-state index in [1.54, 1.807) is 10.9 Å². The van der Waals surface area contributed by atoms with E-state index in [1.807, 2.05) is 19.1 Å². The van der Waals surface area contributed by atoms with Crippen molar-refractivity contribution < 1.29 is 23.7 Å². The Morgan fingerprint density at radius 2 is 2.19 bits per heavy atom. The van der Waals surface area contributed by atoms with Crippen molar-refractivity contribution in [2.75, 3.05) is 13.0 Å². The Kier molecular flexibility index (Phi) is 5.41. The highest BCUT2D eigenvalue weighted by atomic mass is 35.5. The maximum atomic E-state index is 8.90. The summed E-state index contributed by atoms with van der Waals surface area (Å²) in [5.41, 5.74) is 1.15. The lowest BCUT2D eigenvalue weighted by molar-refractivity contribution is -0.0384. The lowest BCUT2D eigenvalue weighted by Crippen LogP contribution is -2.17. The molecular formula is C16H18ClN4O5P. The first-order valence-electron chi connectivity index (χ1n) is 8.37. The molecule has 4 heterocycles. The summed E-state index contributed by atoms with van der Waals surface area (Å²) in [5, 5.41) is 5.25. The van der Waals surface area contributed by atoms with Crippen LogP contribution >= 0.6 is 20.0 Å². The van der Waals surface area contributed by atoms with Crippen molar-refractivity contribution in [3.63, 3.8) is 0 Å². The number of aryl methyl sites for hydroxylation is 1. The van der Waals surface area contributed by atoms with Gasteiger partial charge in [0.05, 0.1) is 24.3 Å². The number of furan rings is 1. The average Bonchev–Trinajstić information content (AvgIpc) is 3.33. The van der Waals surface area contributed by atoms with Crippen molar-refractivity contribution >= 4 is 31.0 Å². The fourth-order valence-electron chi connectivity index (χ4n) is 3.11. The lowest BCUT2D eigenvalue weighted by atomic mass is 10.2. The molecule has 0 amide bonds. The van der Waals surface area contributed by atoms with Crippen molar-refractivity contribution in [2.24, 2.45) is 0 Å². The Labute approximate surface area is 160 Å². The molecule has 0 aromatic carbocycles. The number of hydrogen-bond donors (Lipinski definition) is 2. The first-order chi connectivity index (χ1) is 13.0. The second-order valence-corrected chi connectivity index (χ2v) is 7.58. The number of aromatic nitrogens is 4. The third kappa shape index (κ3) is 3.99. The minimum absolute atomic E-state index is 0.0840. The number of nitrogens with zero attached hydrogens (tertiary/aromatic N) is 4. The van der Waals surface area contributed by atoms with E-state index in [1.165, 1.54) is 0 Å². The van der Waals surface area contributed by atoms with Gasteiger partial charge in [0, 0.05) is 0 Å². The van der Waals surface area contributed by atoms with Gasteiger partial charge in [-0.05, 0) is 43.5 Å². The SMILES string of the molecule is Cc1ccc(-c2nc(Cl)nc3c2cnn3C2CCC(COCP(O)O)O2)o1. The number of fused-ring (bicyclic) bond motifs is 1. The van der Waals surface area contributed by atoms with Crippen molar-refractivity contribution in [3.8, 4) is 11.5 Å². The summed E-state index contributed by atoms with van der Waals surface area (Å²) < 4.78 is 18.6. The van der Waals surface area contributed by atoms with E-state index in [4.69, 9.17) is 35.3 Å². The van der Waals surface area contributed by atoms with Crippen molar-refractivity contribution in [3.05, 3.63) is 29.4 Å². The molecule has 1 saturated heterocycles. The van der Waals surface area contributed by atoms with Gasteiger partial charge in [-0.1, -0.05) is 0 Å². The summed E-state index contributed by atoms with van der Waals surface area (Å²) in [6, 6.07) is 3.69. The van der Waals surface area contributed by atoms with Crippen LogP contribution in [0.2, 0.25) is 5.28 Å². The molecule has 0 saturated carbocycles. The highest BCUT2D eigenvalue weighted by Crippen LogP contribution is 2.34. The molecule has 1 aliphatic rings. The monoisotopic (exact) mass is 412 g/mol. The molecule has 0 aliphatic carbocycles. The predicted molar refractivity (Wildman–Crippen MR) is 98.1 cm³/mol. The second kappa shape index (κ2) is 7.79. The van der Waals surface area contributed by atoms with E-state index in [9.17, 15) is 0 Å². The molecule has 2 N–H and O–H groups in total. The van der Waals surface area contributed by atoms with E-state index in [2.05, 4.69) is 15.1 Å². The largest absolute Gasteiger partial charge is 0.460 e. The molecule has 3 aromatic rings. The Hall–Kier alpha value is -1.61. The standard InChI is InChI=1S/C16H18ClN4O5P/c1-9-2-4-12(25-9)14-11-6-18-21(15(11)20-16(17)19-14)13-5-3-10(26-13)7-24-8-27(22)23/h2,4,6,10,13,22-23H,3,5,7-8H2,1H3. The van der Waals surface area contributed by atoms with Crippen molar-refractivity contribution in [2.45, 2.75) is 32.1 Å². The van der Waals surface area contributed by atoms with Crippen molar-refractivity contribution in [1.82, 2.24) is 19.7 Å². The Morgan fingerprint density at radius 3 is 2.93 bits per heavy atom. The molecule has 1 aliphatic heterocycles. The fraction of sp³-hybridized carbons (Fsp3) is 0.438. The van der Waals surface area contributed by atoms with Crippen LogP contribution in [-0.4, -0.2) is 48.6 Å². The quantitative estimate of drug-likeness (QED) is 0.469. The minimum Gasteiger partial charge on any atom is -0.460 e. The van der Waals surface area contributed by atoms with Gasteiger partial charge in [0.1, 0.15) is 17.8 Å². The average molecular weight is 413 g/mol. The van der Waals surface area contributed by atoms with E-state index in [0.29, 0.717) is 23.7 Å². The van der Waals surface area contributed by atoms with Crippen LogP contribution in [0.25, 0.3) is 22.5 Å². The topological polar surface area (TPSA) is 116 Å². The minimum atomic E-state index is -2.06.